The van der Waals surface area contributed by atoms with Crippen molar-refractivity contribution in [1.82, 2.24) is 9.47 Å². The van der Waals surface area contributed by atoms with Crippen LogP contribution >= 0.6 is 0 Å². The molecule has 0 radical (unpaired) electrons. The van der Waals surface area contributed by atoms with Crippen molar-refractivity contribution in [2.75, 3.05) is 6.61 Å². The van der Waals surface area contributed by atoms with Gasteiger partial charge in [-0.2, -0.15) is 0 Å². The molecule has 2 aliphatic heterocycles. The van der Waals surface area contributed by atoms with Crippen molar-refractivity contribution < 1.29 is 24.2 Å². The van der Waals surface area contributed by atoms with Gasteiger partial charge in [-0.05, 0) is 53.7 Å². The topological polar surface area (TPSA) is 92.0 Å². The van der Waals surface area contributed by atoms with Gasteiger partial charge in [0.2, 0.25) is 0 Å². The van der Waals surface area contributed by atoms with Gasteiger partial charge >= 0.3 is 11.9 Å². The highest BCUT2D eigenvalue weighted by Gasteiger charge is 2.47. The number of benzene rings is 2. The number of aromatic nitrogens is 1. The van der Waals surface area contributed by atoms with Crippen molar-refractivity contribution in [2.24, 2.45) is 5.92 Å². The van der Waals surface area contributed by atoms with E-state index in [-0.39, 0.29) is 17.0 Å². The second-order valence-corrected chi connectivity index (χ2v) is 17.5. The summed E-state index contributed by atoms with van der Waals surface area (Å²) in [5.74, 6) is -2.33. The van der Waals surface area contributed by atoms with Crippen LogP contribution in [0.25, 0.3) is 10.9 Å². The second kappa shape index (κ2) is 11.0. The van der Waals surface area contributed by atoms with Crippen molar-refractivity contribution in [2.45, 2.75) is 70.4 Å². The zero-order valence-electron chi connectivity index (χ0n) is 24.5. The van der Waals surface area contributed by atoms with Crippen LogP contribution in [0.4, 0.5) is 0 Å². The lowest BCUT2D eigenvalue weighted by Crippen LogP contribution is -2.43. The molecule has 8 heteroatoms. The van der Waals surface area contributed by atoms with Crippen LogP contribution in [0, 0.1) is 5.92 Å². The predicted molar refractivity (Wildman–Crippen MR) is 163 cm³/mol. The summed E-state index contributed by atoms with van der Waals surface area (Å²) in [4.78, 5) is 26.7. The Morgan fingerprint density at radius 2 is 1.73 bits per heavy atom. The Balaban J connectivity index is 1.65. The third-order valence-corrected chi connectivity index (χ3v) is 13.7. The molecule has 7 nitrogen and oxygen atoms in total. The number of carbonyl (C=O) groups is 2. The number of aliphatic carboxylic acids is 2. The summed E-state index contributed by atoms with van der Waals surface area (Å²) >= 11 is 0. The molecule has 41 heavy (non-hydrogen) atoms. The van der Waals surface area contributed by atoms with Crippen LogP contribution in [-0.4, -0.2) is 46.5 Å². The van der Waals surface area contributed by atoms with Crippen LogP contribution < -0.4 is 0 Å². The number of carboxylic acids is 2. The summed E-state index contributed by atoms with van der Waals surface area (Å²) in [6, 6.07) is 17.3. The number of rotatable bonds is 9. The second-order valence-electron chi connectivity index (χ2n) is 12.7. The first-order valence-corrected chi connectivity index (χ1v) is 17.2. The van der Waals surface area contributed by atoms with E-state index in [1.165, 1.54) is 0 Å². The predicted octanol–water partition coefficient (Wildman–Crippen LogP) is 6.93. The molecule has 3 atom stereocenters. The third-order valence-electron chi connectivity index (χ3n) is 9.15. The first-order chi connectivity index (χ1) is 19.4. The molecule has 5 rings (SSSR count). The van der Waals surface area contributed by atoms with Crippen molar-refractivity contribution in [3.05, 3.63) is 95.3 Å². The summed E-state index contributed by atoms with van der Waals surface area (Å²) in [6.45, 7) is 12.4. The lowest BCUT2D eigenvalue weighted by atomic mass is 9.77. The summed E-state index contributed by atoms with van der Waals surface area (Å²) < 4.78 is 8.63. The maximum atomic E-state index is 13.0. The van der Waals surface area contributed by atoms with Gasteiger partial charge in [-0.25, -0.2) is 9.59 Å². The van der Waals surface area contributed by atoms with E-state index in [0.29, 0.717) is 26.0 Å². The number of nitrogens with zero attached hydrogens (tertiary/aromatic N) is 2. The van der Waals surface area contributed by atoms with E-state index >= 15 is 0 Å². The molecule has 2 bridgehead atoms. The van der Waals surface area contributed by atoms with E-state index in [1.807, 2.05) is 47.2 Å². The fourth-order valence-corrected chi connectivity index (χ4v) is 7.16. The molecule has 216 valence electrons. The van der Waals surface area contributed by atoms with Crippen LogP contribution in [-0.2, 0) is 27.0 Å². The number of allylic oxidation sites excluding steroid dienone is 2. The molecule has 2 aromatic carbocycles. The summed E-state index contributed by atoms with van der Waals surface area (Å²) in [5.41, 5.74) is 4.93. The largest absolute Gasteiger partial charge is 0.480 e. The highest BCUT2D eigenvalue weighted by Crippen LogP contribution is 2.51. The molecule has 3 aromatic rings. The molecular weight excluding hydrogens is 532 g/mol. The number of hydrogen-bond acceptors (Lipinski definition) is 4. The Morgan fingerprint density at radius 1 is 1.05 bits per heavy atom. The zero-order valence-corrected chi connectivity index (χ0v) is 25.5. The van der Waals surface area contributed by atoms with Crippen LogP contribution in [0.1, 0.15) is 56.1 Å². The van der Waals surface area contributed by atoms with E-state index in [9.17, 15) is 19.8 Å². The van der Waals surface area contributed by atoms with Gasteiger partial charge in [-0.3, -0.25) is 0 Å². The Hall–Kier alpha value is -3.62. The molecule has 0 unspecified atom stereocenters. The molecule has 0 saturated carbocycles. The van der Waals surface area contributed by atoms with E-state index in [4.69, 9.17) is 4.43 Å². The van der Waals surface area contributed by atoms with Gasteiger partial charge in [0.15, 0.2) is 8.32 Å². The van der Waals surface area contributed by atoms with Crippen molar-refractivity contribution in [3.63, 3.8) is 0 Å². The Morgan fingerprint density at radius 3 is 2.39 bits per heavy atom. The molecule has 0 aliphatic carbocycles. The Kier molecular flexibility index (Phi) is 7.74. The van der Waals surface area contributed by atoms with E-state index in [2.05, 4.69) is 57.0 Å². The summed E-state index contributed by atoms with van der Waals surface area (Å²) in [7, 11) is -1.97. The lowest BCUT2D eigenvalue weighted by Gasteiger charge is -2.46. The van der Waals surface area contributed by atoms with Crippen LogP contribution in [0.2, 0.25) is 18.1 Å². The zero-order chi connectivity index (χ0) is 29.5. The summed E-state index contributed by atoms with van der Waals surface area (Å²) in [5, 5.41) is 21.1. The minimum Gasteiger partial charge on any atom is -0.480 e. The molecule has 2 N–H and O–H groups in total. The third kappa shape index (κ3) is 5.50. The van der Waals surface area contributed by atoms with Gasteiger partial charge in [0.05, 0.1) is 6.04 Å². The van der Waals surface area contributed by atoms with Gasteiger partial charge in [-0.15, -0.1) is 0 Å². The highest BCUT2D eigenvalue weighted by molar-refractivity contribution is 6.74. The van der Waals surface area contributed by atoms with E-state index in [1.54, 1.807) is 6.08 Å². The summed E-state index contributed by atoms with van der Waals surface area (Å²) in [6.07, 6.45) is 5.95. The van der Waals surface area contributed by atoms with Gasteiger partial charge < -0.3 is 24.1 Å². The fourth-order valence-electron chi connectivity index (χ4n) is 6.12. The van der Waals surface area contributed by atoms with Crippen LogP contribution in [0.3, 0.4) is 0 Å². The molecule has 0 amide bonds. The Bertz CT molecular complexity index is 1520. The molecular formula is C33H40N2O5Si. The average molecular weight is 573 g/mol. The monoisotopic (exact) mass is 572 g/mol. The minimum atomic E-state index is -1.97. The number of fused-ring (bicyclic) bond motifs is 6. The molecule has 1 aromatic heterocycles. The van der Waals surface area contributed by atoms with Crippen molar-refractivity contribution in [1.29, 1.82) is 0 Å². The molecule has 2 aliphatic rings. The van der Waals surface area contributed by atoms with E-state index < -0.39 is 26.3 Å². The number of carboxylic acid groups (broad SMARTS) is 2. The normalized spacial score (nSPS) is 20.8. The van der Waals surface area contributed by atoms with Crippen molar-refractivity contribution in [3.8, 4) is 0 Å². The number of hydrogen-bond donors (Lipinski definition) is 2. The smallest absolute Gasteiger partial charge is 0.328 e. The van der Waals surface area contributed by atoms with E-state index in [0.717, 1.165) is 39.4 Å². The highest BCUT2D eigenvalue weighted by atomic mass is 28.4. The fraction of sp³-hybridized carbons (Fsp3) is 0.394. The van der Waals surface area contributed by atoms with Gasteiger partial charge in [0.25, 0.3) is 0 Å². The van der Waals surface area contributed by atoms with Gasteiger partial charge in [0, 0.05) is 47.9 Å². The maximum Gasteiger partial charge on any atom is 0.328 e. The lowest BCUT2D eigenvalue weighted by molar-refractivity contribution is -0.143. The minimum absolute atomic E-state index is 0.0620. The first kappa shape index (κ1) is 28.9. The molecule has 3 heterocycles. The first-order valence-electron chi connectivity index (χ1n) is 14.3. The van der Waals surface area contributed by atoms with Gasteiger partial charge in [0.1, 0.15) is 6.04 Å². The SMILES string of the molecule is CC(C)(C)[Si](C)(C)OCCc1c2n(c3ccccc13)[C@@H](C(=O)O)[C@H]1C[C@@H]2N(Cc2ccccc2)C=C1/C=C/C(=O)O. The standard InChI is InChI=1S/C33H40N2O5Si/c1-33(2,3)41(4,5)40-18-17-25-24-13-9-10-14-27(24)35-30(25)28-19-26(31(35)32(38)39)23(15-16-29(36)37)21-34(28)20-22-11-7-6-8-12-22/h6-16,21,26,28,31H,17-20H2,1-5H3,(H,36,37)(H,38,39)/b16-15+/t26-,28-,31+/m0/s1. The Labute approximate surface area is 242 Å². The molecule has 0 saturated heterocycles. The quantitative estimate of drug-likeness (QED) is 0.213. The van der Waals surface area contributed by atoms with Gasteiger partial charge in [-0.1, -0.05) is 75.4 Å². The van der Waals surface area contributed by atoms with Crippen molar-refractivity contribution >= 4 is 31.2 Å². The maximum absolute atomic E-state index is 13.0. The number of para-hydroxylation sites is 1. The molecule has 0 spiro atoms. The van der Waals surface area contributed by atoms with Crippen LogP contribution in [0.5, 0.6) is 0 Å². The average Bonchev–Trinajstić information content (AvgIpc) is 3.23. The molecule has 0 fully saturated rings. The van der Waals surface area contributed by atoms with Crippen LogP contribution in [0.15, 0.2) is 78.5 Å².